The molecule has 3 aromatic rings. The Morgan fingerprint density at radius 3 is 2.57 bits per heavy atom. The summed E-state index contributed by atoms with van der Waals surface area (Å²) in [7, 11) is 1.35. The van der Waals surface area contributed by atoms with E-state index in [4.69, 9.17) is 16.3 Å². The van der Waals surface area contributed by atoms with Gasteiger partial charge >= 0.3 is 5.97 Å². The van der Waals surface area contributed by atoms with Crippen molar-refractivity contribution in [1.82, 2.24) is 9.78 Å². The van der Waals surface area contributed by atoms with Gasteiger partial charge in [0.2, 0.25) is 0 Å². The van der Waals surface area contributed by atoms with E-state index in [0.717, 1.165) is 16.8 Å². The van der Waals surface area contributed by atoms with E-state index in [1.165, 1.54) is 12.7 Å². The number of hydrogen-bond donors (Lipinski definition) is 0. The summed E-state index contributed by atoms with van der Waals surface area (Å²) in [6.45, 7) is 4.85. The van der Waals surface area contributed by atoms with Gasteiger partial charge in [-0.15, -0.1) is 0 Å². The number of ether oxygens (including phenoxy) is 1. The molecule has 0 fully saturated rings. The van der Waals surface area contributed by atoms with E-state index in [2.05, 4.69) is 5.10 Å². The average Bonchev–Trinajstić information content (AvgIpc) is 3.28. The first-order valence-corrected chi connectivity index (χ1v) is 10.1. The summed E-state index contributed by atoms with van der Waals surface area (Å²) in [5, 5.41) is 4.83. The molecule has 2 heterocycles. The Kier molecular flexibility index (Phi) is 5.35. The average molecular weight is 424 g/mol. The largest absolute Gasteiger partial charge is 0.465 e. The highest BCUT2D eigenvalue weighted by Gasteiger charge is 2.31. The van der Waals surface area contributed by atoms with Crippen LogP contribution in [0.25, 0.3) is 0 Å². The van der Waals surface area contributed by atoms with E-state index in [-0.39, 0.29) is 11.9 Å². The SMILES string of the molecule is COC(=O)c1ccc2c(c1)CCN2C(=O)c1c(C)nn(Cc2ccc(C)cc2)c1Cl. The highest BCUT2D eigenvalue weighted by atomic mass is 35.5. The van der Waals surface area contributed by atoms with Gasteiger partial charge in [-0.3, -0.25) is 4.79 Å². The number of halogens is 1. The standard InChI is InChI=1S/C23H22ClN3O3/c1-14-4-6-16(7-5-14)13-27-21(24)20(15(2)25-27)22(28)26-11-10-17-12-18(23(29)30-3)8-9-19(17)26/h4-9,12H,10-11,13H2,1-3H3. The van der Waals surface area contributed by atoms with Crippen molar-refractivity contribution in [2.45, 2.75) is 26.8 Å². The third kappa shape index (κ3) is 3.59. The Morgan fingerprint density at radius 2 is 1.87 bits per heavy atom. The number of aryl methyl sites for hydroxylation is 2. The summed E-state index contributed by atoms with van der Waals surface area (Å²) in [5.74, 6) is -0.573. The Balaban J connectivity index is 1.61. The van der Waals surface area contributed by atoms with Crippen LogP contribution in [0.4, 0.5) is 5.69 Å². The summed E-state index contributed by atoms with van der Waals surface area (Å²) in [6, 6.07) is 13.4. The minimum atomic E-state index is -0.390. The first kappa shape index (κ1) is 20.2. The second-order valence-corrected chi connectivity index (χ2v) is 7.79. The van der Waals surface area contributed by atoms with Gasteiger partial charge in [-0.05, 0) is 49.6 Å². The molecule has 7 heteroatoms. The van der Waals surface area contributed by atoms with Crippen molar-refractivity contribution in [3.05, 3.63) is 81.1 Å². The lowest BCUT2D eigenvalue weighted by Crippen LogP contribution is -2.29. The lowest BCUT2D eigenvalue weighted by atomic mass is 10.1. The van der Waals surface area contributed by atoms with Crippen LogP contribution in [0.1, 0.15) is 43.1 Å². The molecule has 0 atom stereocenters. The fourth-order valence-electron chi connectivity index (χ4n) is 3.76. The summed E-state index contributed by atoms with van der Waals surface area (Å²) in [4.78, 5) is 26.8. The first-order valence-electron chi connectivity index (χ1n) is 9.70. The van der Waals surface area contributed by atoms with E-state index < -0.39 is 0 Å². The van der Waals surface area contributed by atoms with Gasteiger partial charge in [0.1, 0.15) is 5.15 Å². The van der Waals surface area contributed by atoms with Crippen molar-refractivity contribution in [1.29, 1.82) is 0 Å². The number of rotatable bonds is 4. The Bertz CT molecular complexity index is 1140. The van der Waals surface area contributed by atoms with Gasteiger partial charge in [-0.2, -0.15) is 5.10 Å². The van der Waals surface area contributed by atoms with Gasteiger partial charge in [-0.25, -0.2) is 9.48 Å². The molecule has 0 bridgehead atoms. The maximum atomic E-state index is 13.3. The van der Waals surface area contributed by atoms with E-state index >= 15 is 0 Å². The fourth-order valence-corrected chi connectivity index (χ4v) is 4.08. The molecule has 30 heavy (non-hydrogen) atoms. The van der Waals surface area contributed by atoms with E-state index in [1.54, 1.807) is 34.7 Å². The van der Waals surface area contributed by atoms with Crippen molar-refractivity contribution in [3.8, 4) is 0 Å². The zero-order chi connectivity index (χ0) is 21.4. The number of methoxy groups -OCH3 is 1. The maximum absolute atomic E-state index is 13.3. The molecule has 2 aromatic carbocycles. The number of amides is 1. The number of nitrogens with zero attached hydrogens (tertiary/aromatic N) is 3. The molecule has 0 spiro atoms. The number of esters is 1. The molecular weight excluding hydrogens is 402 g/mol. The third-order valence-corrected chi connectivity index (χ3v) is 5.76. The molecule has 1 aromatic heterocycles. The first-order chi connectivity index (χ1) is 14.4. The Morgan fingerprint density at radius 1 is 1.13 bits per heavy atom. The molecule has 0 N–H and O–H groups in total. The highest BCUT2D eigenvalue weighted by Crippen LogP contribution is 2.32. The van der Waals surface area contributed by atoms with E-state index in [9.17, 15) is 9.59 Å². The van der Waals surface area contributed by atoms with Crippen LogP contribution in [0, 0.1) is 13.8 Å². The van der Waals surface area contributed by atoms with Crippen LogP contribution >= 0.6 is 11.6 Å². The summed E-state index contributed by atoms with van der Waals surface area (Å²) in [6.07, 6.45) is 0.667. The monoisotopic (exact) mass is 423 g/mol. The molecular formula is C23H22ClN3O3. The molecule has 0 saturated carbocycles. The van der Waals surface area contributed by atoms with Crippen LogP contribution < -0.4 is 4.90 Å². The number of carbonyl (C=O) groups excluding carboxylic acids is 2. The molecule has 1 aliphatic rings. The maximum Gasteiger partial charge on any atom is 0.337 e. The normalized spacial score (nSPS) is 12.7. The molecule has 0 aliphatic carbocycles. The van der Waals surface area contributed by atoms with Gasteiger partial charge in [0, 0.05) is 12.2 Å². The topological polar surface area (TPSA) is 64.4 Å². The summed E-state index contributed by atoms with van der Waals surface area (Å²) < 4.78 is 6.44. The van der Waals surface area contributed by atoms with Crippen LogP contribution in [-0.2, 0) is 17.7 Å². The molecule has 6 nitrogen and oxygen atoms in total. The van der Waals surface area contributed by atoms with Gasteiger partial charge in [0.15, 0.2) is 0 Å². The number of carbonyl (C=O) groups is 2. The molecule has 0 radical (unpaired) electrons. The zero-order valence-electron chi connectivity index (χ0n) is 17.1. The number of aromatic nitrogens is 2. The molecule has 4 rings (SSSR count). The van der Waals surface area contributed by atoms with E-state index in [1.807, 2.05) is 31.2 Å². The van der Waals surface area contributed by atoms with Crippen LogP contribution in [0.2, 0.25) is 5.15 Å². The van der Waals surface area contributed by atoms with Crippen molar-refractivity contribution in [2.75, 3.05) is 18.6 Å². The molecule has 154 valence electrons. The quantitative estimate of drug-likeness (QED) is 0.590. The van der Waals surface area contributed by atoms with Crippen molar-refractivity contribution in [2.24, 2.45) is 0 Å². The number of benzene rings is 2. The van der Waals surface area contributed by atoms with Crippen LogP contribution in [-0.4, -0.2) is 35.3 Å². The lowest BCUT2D eigenvalue weighted by molar-refractivity contribution is 0.0600. The summed E-state index contributed by atoms with van der Waals surface area (Å²) >= 11 is 6.59. The number of fused-ring (bicyclic) bond motifs is 1. The molecule has 1 aliphatic heterocycles. The predicted octanol–water partition coefficient (Wildman–Crippen LogP) is 4.19. The van der Waals surface area contributed by atoms with Crippen molar-refractivity contribution in [3.63, 3.8) is 0 Å². The second kappa shape index (κ2) is 7.95. The van der Waals surface area contributed by atoms with Gasteiger partial charge in [0.05, 0.1) is 30.5 Å². The number of anilines is 1. The Labute approximate surface area is 180 Å². The number of hydrogen-bond acceptors (Lipinski definition) is 4. The Hall–Kier alpha value is -3.12. The molecule has 0 unspecified atom stereocenters. The van der Waals surface area contributed by atoms with Crippen molar-refractivity contribution >= 4 is 29.2 Å². The van der Waals surface area contributed by atoms with Crippen molar-refractivity contribution < 1.29 is 14.3 Å². The second-order valence-electron chi connectivity index (χ2n) is 7.44. The van der Waals surface area contributed by atoms with Gasteiger partial charge in [0.25, 0.3) is 5.91 Å². The minimum Gasteiger partial charge on any atom is -0.465 e. The smallest absolute Gasteiger partial charge is 0.337 e. The predicted molar refractivity (Wildman–Crippen MR) is 115 cm³/mol. The minimum absolute atomic E-state index is 0.183. The van der Waals surface area contributed by atoms with E-state index in [0.29, 0.717) is 41.5 Å². The van der Waals surface area contributed by atoms with Crippen LogP contribution in [0.15, 0.2) is 42.5 Å². The summed E-state index contributed by atoms with van der Waals surface area (Å²) in [5.41, 5.74) is 5.45. The van der Waals surface area contributed by atoms with Crippen LogP contribution in [0.5, 0.6) is 0 Å². The third-order valence-electron chi connectivity index (χ3n) is 5.37. The highest BCUT2D eigenvalue weighted by molar-refractivity contribution is 6.34. The molecule has 0 saturated heterocycles. The van der Waals surface area contributed by atoms with Gasteiger partial charge < -0.3 is 9.64 Å². The zero-order valence-corrected chi connectivity index (χ0v) is 17.9. The van der Waals surface area contributed by atoms with Gasteiger partial charge in [-0.1, -0.05) is 41.4 Å². The van der Waals surface area contributed by atoms with Crippen LogP contribution in [0.3, 0.4) is 0 Å². The fraction of sp³-hybridized carbons (Fsp3) is 0.261. The lowest BCUT2D eigenvalue weighted by Gasteiger charge is -2.17. The molecule has 1 amide bonds.